The van der Waals surface area contributed by atoms with Gasteiger partial charge in [-0.05, 0) is 28.4 Å². The molecule has 0 bridgehead atoms. The van der Waals surface area contributed by atoms with Crippen molar-refractivity contribution in [1.82, 2.24) is 9.97 Å². The first-order valence-electron chi connectivity index (χ1n) is 5.05. The monoisotopic (exact) mass is 317 g/mol. The highest BCUT2D eigenvalue weighted by atomic mass is 79.9. The van der Waals surface area contributed by atoms with Crippen LogP contribution in [0.15, 0.2) is 10.5 Å². The highest BCUT2D eigenvalue weighted by Gasteiger charge is 2.23. The summed E-state index contributed by atoms with van der Waals surface area (Å²) in [5.41, 5.74) is 0.776. The maximum Gasteiger partial charge on any atom is 0.316 e. The minimum Gasteiger partial charge on any atom is -0.342 e. The minimum atomic E-state index is -0.508. The molecule has 0 spiro atoms. The zero-order valence-corrected chi connectivity index (χ0v) is 11.3. The third kappa shape index (κ3) is 2.14. The van der Waals surface area contributed by atoms with Gasteiger partial charge in [0.2, 0.25) is 0 Å². The van der Waals surface area contributed by atoms with E-state index in [1.807, 2.05) is 6.92 Å². The lowest BCUT2D eigenvalue weighted by molar-refractivity contribution is -0.383. The molecule has 0 aliphatic carbocycles. The maximum absolute atomic E-state index is 11.0. The fourth-order valence-corrected chi connectivity index (χ4v) is 2.28. The van der Waals surface area contributed by atoms with Crippen LogP contribution in [0.25, 0.3) is 11.0 Å². The number of nitrogens with one attached hydrogen (secondary N) is 1. The van der Waals surface area contributed by atoms with Gasteiger partial charge >= 0.3 is 5.69 Å². The Morgan fingerprint density at radius 1 is 1.65 bits per heavy atom. The van der Waals surface area contributed by atoms with Gasteiger partial charge in [0.05, 0.1) is 10.4 Å². The van der Waals surface area contributed by atoms with Crippen molar-refractivity contribution >= 4 is 44.3 Å². The molecule has 0 fully saturated rings. The minimum absolute atomic E-state index is 0.0806. The predicted molar refractivity (Wildman–Crippen MR) is 69.5 cm³/mol. The Kier molecular flexibility index (Phi) is 3.35. The van der Waals surface area contributed by atoms with Crippen molar-refractivity contribution in [3.63, 3.8) is 0 Å². The molecule has 5 nitrogen and oxygen atoms in total. The average molecular weight is 319 g/mol. The van der Waals surface area contributed by atoms with Crippen LogP contribution in [-0.2, 0) is 6.42 Å². The van der Waals surface area contributed by atoms with Crippen molar-refractivity contribution in [2.45, 2.75) is 19.8 Å². The van der Waals surface area contributed by atoms with Crippen molar-refractivity contribution in [2.75, 3.05) is 0 Å². The fourth-order valence-electron chi connectivity index (χ4n) is 1.65. The van der Waals surface area contributed by atoms with Crippen molar-refractivity contribution in [3.05, 3.63) is 31.5 Å². The molecule has 0 aliphatic rings. The number of aromatic nitrogens is 2. The Labute approximate surface area is 110 Å². The van der Waals surface area contributed by atoms with E-state index in [0.29, 0.717) is 15.5 Å². The zero-order valence-electron chi connectivity index (χ0n) is 8.96. The topological polar surface area (TPSA) is 71.8 Å². The smallest absolute Gasteiger partial charge is 0.316 e. The summed E-state index contributed by atoms with van der Waals surface area (Å²) in [5.74, 6) is 0.736. The van der Waals surface area contributed by atoms with Crippen molar-refractivity contribution < 1.29 is 4.92 Å². The van der Waals surface area contributed by atoms with E-state index < -0.39 is 4.92 Å². The first-order valence-corrected chi connectivity index (χ1v) is 6.22. The van der Waals surface area contributed by atoms with Crippen molar-refractivity contribution in [3.8, 4) is 0 Å². The second kappa shape index (κ2) is 4.62. The van der Waals surface area contributed by atoms with E-state index in [4.69, 9.17) is 11.6 Å². The number of halogens is 2. The van der Waals surface area contributed by atoms with E-state index in [1.54, 1.807) is 6.07 Å². The lowest BCUT2D eigenvalue weighted by Crippen LogP contribution is -1.92. The van der Waals surface area contributed by atoms with Gasteiger partial charge in [0.1, 0.15) is 10.8 Å². The van der Waals surface area contributed by atoms with Crippen molar-refractivity contribution in [1.29, 1.82) is 0 Å². The number of aromatic amines is 1. The summed E-state index contributed by atoms with van der Waals surface area (Å²) in [4.78, 5) is 17.8. The Morgan fingerprint density at radius 2 is 2.35 bits per heavy atom. The number of hydrogen-bond donors (Lipinski definition) is 1. The van der Waals surface area contributed by atoms with Crippen LogP contribution in [0.2, 0.25) is 5.02 Å². The molecule has 0 saturated carbocycles. The van der Waals surface area contributed by atoms with Gasteiger partial charge in [0.15, 0.2) is 5.52 Å². The number of nitro benzene ring substituents is 1. The summed E-state index contributed by atoms with van der Waals surface area (Å²) in [5, 5.41) is 11.1. The van der Waals surface area contributed by atoms with Gasteiger partial charge < -0.3 is 4.98 Å². The molecular formula is C10H9BrClN3O2. The maximum atomic E-state index is 11.0. The molecule has 0 atom stereocenters. The molecule has 1 heterocycles. The van der Waals surface area contributed by atoms with Gasteiger partial charge in [0.25, 0.3) is 0 Å². The van der Waals surface area contributed by atoms with Gasteiger partial charge in [-0.25, -0.2) is 4.98 Å². The number of aryl methyl sites for hydroxylation is 1. The van der Waals surface area contributed by atoms with Crippen LogP contribution in [-0.4, -0.2) is 14.9 Å². The molecule has 2 rings (SSSR count). The summed E-state index contributed by atoms with van der Waals surface area (Å²) in [6.45, 7) is 2.02. The van der Waals surface area contributed by atoms with Crippen LogP contribution in [0.4, 0.5) is 5.69 Å². The van der Waals surface area contributed by atoms with E-state index in [1.165, 1.54) is 0 Å². The standard InChI is InChI=1S/C10H9BrClN3O2/c1-2-3-7-13-6-4-5(11)8(12)10(15(16)17)9(6)14-7/h4H,2-3H2,1H3,(H,13,14). The second-order valence-electron chi connectivity index (χ2n) is 3.61. The van der Waals surface area contributed by atoms with Crippen LogP contribution >= 0.6 is 27.5 Å². The Balaban J connectivity index is 2.74. The van der Waals surface area contributed by atoms with Crippen LogP contribution in [0.5, 0.6) is 0 Å². The number of benzene rings is 1. The molecule has 17 heavy (non-hydrogen) atoms. The normalized spacial score (nSPS) is 11.0. The summed E-state index contributed by atoms with van der Waals surface area (Å²) in [6, 6.07) is 1.71. The quantitative estimate of drug-likeness (QED) is 0.690. The average Bonchev–Trinajstić information content (AvgIpc) is 2.61. The molecular weight excluding hydrogens is 309 g/mol. The third-order valence-corrected chi connectivity index (χ3v) is 3.60. The molecule has 0 saturated heterocycles. The third-order valence-electron chi connectivity index (χ3n) is 2.36. The Hall–Kier alpha value is -1.14. The van der Waals surface area contributed by atoms with E-state index in [-0.39, 0.29) is 10.7 Å². The van der Waals surface area contributed by atoms with Gasteiger partial charge in [-0.1, -0.05) is 18.5 Å². The SMILES string of the molecule is CCCc1nc2c([N+](=O)[O-])c(Cl)c(Br)cc2[nH]1. The van der Waals surface area contributed by atoms with Crippen LogP contribution < -0.4 is 0 Å². The molecule has 90 valence electrons. The first kappa shape index (κ1) is 12.3. The van der Waals surface area contributed by atoms with Gasteiger partial charge in [-0.3, -0.25) is 10.1 Å². The number of nitrogens with zero attached hydrogens (tertiary/aromatic N) is 2. The number of rotatable bonds is 3. The van der Waals surface area contributed by atoms with Gasteiger partial charge in [-0.15, -0.1) is 0 Å². The second-order valence-corrected chi connectivity index (χ2v) is 4.84. The van der Waals surface area contributed by atoms with E-state index in [0.717, 1.165) is 18.7 Å². The summed E-state index contributed by atoms with van der Waals surface area (Å²) in [7, 11) is 0. The number of nitro groups is 1. The largest absolute Gasteiger partial charge is 0.342 e. The zero-order chi connectivity index (χ0) is 12.6. The van der Waals surface area contributed by atoms with Crippen LogP contribution in [0.1, 0.15) is 19.2 Å². The van der Waals surface area contributed by atoms with Gasteiger partial charge in [0, 0.05) is 10.9 Å². The molecule has 1 N–H and O–H groups in total. The van der Waals surface area contributed by atoms with E-state index in [2.05, 4.69) is 25.9 Å². The molecule has 0 aliphatic heterocycles. The Bertz CT molecular complexity index is 597. The number of H-pyrrole nitrogens is 1. The molecule has 1 aromatic carbocycles. The number of fused-ring (bicyclic) bond motifs is 1. The fraction of sp³-hybridized carbons (Fsp3) is 0.300. The lowest BCUT2D eigenvalue weighted by atomic mass is 10.3. The van der Waals surface area contributed by atoms with Gasteiger partial charge in [-0.2, -0.15) is 0 Å². The first-order chi connectivity index (χ1) is 8.04. The number of imidazole rings is 1. The lowest BCUT2D eigenvalue weighted by Gasteiger charge is -1.98. The molecule has 0 amide bonds. The number of hydrogen-bond acceptors (Lipinski definition) is 3. The van der Waals surface area contributed by atoms with E-state index >= 15 is 0 Å². The molecule has 1 aromatic heterocycles. The summed E-state index contributed by atoms with van der Waals surface area (Å²) in [6.07, 6.45) is 1.67. The van der Waals surface area contributed by atoms with Crippen LogP contribution in [0, 0.1) is 10.1 Å². The molecule has 0 radical (unpaired) electrons. The Morgan fingerprint density at radius 3 is 2.94 bits per heavy atom. The van der Waals surface area contributed by atoms with Crippen molar-refractivity contribution in [2.24, 2.45) is 0 Å². The van der Waals surface area contributed by atoms with E-state index in [9.17, 15) is 10.1 Å². The highest BCUT2D eigenvalue weighted by Crippen LogP contribution is 2.37. The predicted octanol–water partition coefficient (Wildman–Crippen LogP) is 3.84. The van der Waals surface area contributed by atoms with Crippen LogP contribution in [0.3, 0.4) is 0 Å². The summed E-state index contributed by atoms with van der Waals surface area (Å²) >= 11 is 9.11. The highest BCUT2D eigenvalue weighted by molar-refractivity contribution is 9.10. The molecule has 2 aromatic rings. The molecule has 7 heteroatoms. The summed E-state index contributed by atoms with van der Waals surface area (Å²) < 4.78 is 0.491. The molecule has 0 unspecified atom stereocenters.